The van der Waals surface area contributed by atoms with Crippen molar-refractivity contribution in [2.45, 2.75) is 64.7 Å². The lowest BCUT2D eigenvalue weighted by molar-refractivity contribution is -0.171. The van der Waals surface area contributed by atoms with E-state index in [1.54, 1.807) is 0 Å². The van der Waals surface area contributed by atoms with E-state index in [0.29, 0.717) is 57.1 Å². The summed E-state index contributed by atoms with van der Waals surface area (Å²) in [6.07, 6.45) is 10.7. The van der Waals surface area contributed by atoms with Crippen LogP contribution in [0.4, 0.5) is 0 Å². The molecule has 0 bridgehead atoms. The summed E-state index contributed by atoms with van der Waals surface area (Å²) in [7, 11) is 0. The van der Waals surface area contributed by atoms with Gasteiger partial charge in [-0.25, -0.2) is 0 Å². The fourth-order valence-electron chi connectivity index (χ4n) is 7.49. The first-order chi connectivity index (χ1) is 15.5. The maximum atomic E-state index is 13.2. The van der Waals surface area contributed by atoms with E-state index < -0.39 is 0 Å². The first-order valence-electron chi connectivity index (χ1n) is 13.0. The number of piperazine rings is 1. The standard InChI is InChI=1S/C26H39N3O3/c1-26(16-32-17-26)25(31)29-12-10-28(11-13-29)24(30)20-6-2-18(3-7-20)21-8-4-19-5-9-22(15-27)23(19)14-21/h18-23H,2-14,16-17H2,1H3. The summed E-state index contributed by atoms with van der Waals surface area (Å²) in [5.41, 5.74) is -0.352. The summed E-state index contributed by atoms with van der Waals surface area (Å²) in [6, 6.07) is 2.59. The molecule has 0 N–H and O–H groups in total. The van der Waals surface area contributed by atoms with Crippen LogP contribution in [0.25, 0.3) is 0 Å². The van der Waals surface area contributed by atoms with Crippen LogP contribution < -0.4 is 0 Å². The Hall–Kier alpha value is -1.61. The van der Waals surface area contributed by atoms with E-state index in [2.05, 4.69) is 6.07 Å². The minimum atomic E-state index is -0.352. The van der Waals surface area contributed by atoms with Gasteiger partial charge < -0.3 is 14.5 Å². The van der Waals surface area contributed by atoms with Crippen molar-refractivity contribution >= 4 is 11.8 Å². The summed E-state index contributed by atoms with van der Waals surface area (Å²) in [5, 5.41) is 9.50. The Bertz CT molecular complexity index is 757. The number of nitriles is 1. The number of hydrogen-bond acceptors (Lipinski definition) is 4. The average Bonchev–Trinajstić information content (AvgIpc) is 3.24. The molecule has 3 aliphatic carbocycles. The third-order valence-electron chi connectivity index (χ3n) is 9.64. The van der Waals surface area contributed by atoms with Crippen molar-refractivity contribution < 1.29 is 14.3 Å². The largest absolute Gasteiger partial charge is 0.379 e. The van der Waals surface area contributed by atoms with Crippen molar-refractivity contribution in [1.82, 2.24) is 9.80 Å². The maximum absolute atomic E-state index is 13.2. The van der Waals surface area contributed by atoms with Crippen LogP contribution >= 0.6 is 0 Å². The van der Waals surface area contributed by atoms with Crippen LogP contribution in [0.2, 0.25) is 0 Å². The smallest absolute Gasteiger partial charge is 0.233 e. The molecule has 2 amide bonds. The van der Waals surface area contributed by atoms with Crippen LogP contribution in [0, 0.1) is 52.3 Å². The van der Waals surface area contributed by atoms with Gasteiger partial charge in [0.2, 0.25) is 11.8 Å². The molecule has 0 aromatic rings. The minimum absolute atomic E-state index is 0.167. The van der Waals surface area contributed by atoms with E-state index >= 15 is 0 Å². The molecule has 0 spiro atoms. The van der Waals surface area contributed by atoms with E-state index in [-0.39, 0.29) is 17.2 Å². The molecule has 0 aromatic heterocycles. The van der Waals surface area contributed by atoms with Crippen molar-refractivity contribution in [2.24, 2.45) is 40.9 Å². The first kappa shape index (κ1) is 22.2. The van der Waals surface area contributed by atoms with Crippen LogP contribution in [0.1, 0.15) is 64.7 Å². The Kier molecular flexibility index (Phi) is 6.22. The molecule has 5 fully saturated rings. The quantitative estimate of drug-likeness (QED) is 0.672. The number of hydrogen-bond donors (Lipinski definition) is 0. The lowest BCUT2D eigenvalue weighted by atomic mass is 9.65. The van der Waals surface area contributed by atoms with Crippen molar-refractivity contribution in [1.29, 1.82) is 5.26 Å². The minimum Gasteiger partial charge on any atom is -0.379 e. The molecule has 0 aromatic carbocycles. The van der Waals surface area contributed by atoms with Crippen LogP contribution in [0.5, 0.6) is 0 Å². The zero-order chi connectivity index (χ0) is 22.3. The average molecular weight is 442 g/mol. The predicted octanol–water partition coefficient (Wildman–Crippen LogP) is 3.47. The molecule has 4 atom stereocenters. The van der Waals surface area contributed by atoms with Gasteiger partial charge in [0.05, 0.1) is 24.7 Å². The second kappa shape index (κ2) is 8.97. The number of carbonyl (C=O) groups excluding carboxylic acids is 2. The number of carbonyl (C=O) groups is 2. The molecule has 4 unspecified atom stereocenters. The highest BCUT2D eigenvalue weighted by molar-refractivity contribution is 5.84. The zero-order valence-electron chi connectivity index (χ0n) is 19.6. The first-order valence-corrected chi connectivity index (χ1v) is 13.0. The van der Waals surface area contributed by atoms with Crippen LogP contribution in [-0.2, 0) is 14.3 Å². The molecule has 2 heterocycles. The molecule has 6 nitrogen and oxygen atoms in total. The second-order valence-corrected chi connectivity index (χ2v) is 11.6. The number of ether oxygens (including phenoxy) is 1. The van der Waals surface area contributed by atoms with Gasteiger partial charge in [-0.3, -0.25) is 9.59 Å². The van der Waals surface area contributed by atoms with Gasteiger partial charge in [-0.2, -0.15) is 5.26 Å². The lowest BCUT2D eigenvalue weighted by Crippen LogP contribution is -2.59. The van der Waals surface area contributed by atoms with Crippen molar-refractivity contribution in [2.75, 3.05) is 39.4 Å². The number of fused-ring (bicyclic) bond motifs is 1. The predicted molar refractivity (Wildman–Crippen MR) is 120 cm³/mol. The van der Waals surface area contributed by atoms with Crippen LogP contribution in [0.15, 0.2) is 0 Å². The number of amides is 2. The van der Waals surface area contributed by atoms with Gasteiger partial charge in [0.25, 0.3) is 0 Å². The van der Waals surface area contributed by atoms with Gasteiger partial charge in [-0.15, -0.1) is 0 Å². The maximum Gasteiger partial charge on any atom is 0.233 e. The van der Waals surface area contributed by atoms with Gasteiger partial charge in [-0.05, 0) is 88.4 Å². The van der Waals surface area contributed by atoms with Crippen LogP contribution in [0.3, 0.4) is 0 Å². The molecule has 3 saturated carbocycles. The molecule has 176 valence electrons. The third-order valence-corrected chi connectivity index (χ3v) is 9.64. The molecular weight excluding hydrogens is 402 g/mol. The van der Waals surface area contributed by atoms with Crippen molar-refractivity contribution in [3.05, 3.63) is 0 Å². The van der Waals surface area contributed by atoms with Gasteiger partial charge in [0.1, 0.15) is 0 Å². The number of nitrogens with zero attached hydrogens (tertiary/aromatic N) is 3. The highest BCUT2D eigenvalue weighted by atomic mass is 16.5. The van der Waals surface area contributed by atoms with Gasteiger partial charge in [-0.1, -0.05) is 0 Å². The van der Waals surface area contributed by atoms with E-state index in [0.717, 1.165) is 37.0 Å². The normalized spacial score (nSPS) is 39.0. The van der Waals surface area contributed by atoms with E-state index in [9.17, 15) is 14.9 Å². The highest BCUT2D eigenvalue weighted by Gasteiger charge is 2.45. The van der Waals surface area contributed by atoms with Crippen molar-refractivity contribution in [3.63, 3.8) is 0 Å². The summed E-state index contributed by atoms with van der Waals surface area (Å²) in [5.74, 6) is 3.94. The van der Waals surface area contributed by atoms with Gasteiger partial charge >= 0.3 is 0 Å². The Morgan fingerprint density at radius 3 is 2.06 bits per heavy atom. The topological polar surface area (TPSA) is 73.6 Å². The molecule has 0 radical (unpaired) electrons. The van der Waals surface area contributed by atoms with Crippen molar-refractivity contribution in [3.8, 4) is 6.07 Å². The summed E-state index contributed by atoms with van der Waals surface area (Å²) in [4.78, 5) is 29.8. The highest BCUT2D eigenvalue weighted by Crippen LogP contribution is 2.51. The van der Waals surface area contributed by atoms with E-state index in [1.807, 2.05) is 16.7 Å². The molecule has 5 aliphatic rings. The second-order valence-electron chi connectivity index (χ2n) is 11.6. The third kappa shape index (κ3) is 4.06. The van der Waals surface area contributed by atoms with E-state index in [4.69, 9.17) is 4.74 Å². The zero-order valence-corrected chi connectivity index (χ0v) is 19.6. The SMILES string of the molecule is CC1(C(=O)N2CCN(C(=O)C3CCC(C4CCC5CCC(C#N)C5C4)CC3)CC2)COC1. The summed E-state index contributed by atoms with van der Waals surface area (Å²) >= 11 is 0. The van der Waals surface area contributed by atoms with Gasteiger partial charge in [0.15, 0.2) is 0 Å². The summed E-state index contributed by atoms with van der Waals surface area (Å²) in [6.45, 7) is 5.67. The molecular formula is C26H39N3O3. The molecule has 6 heteroatoms. The van der Waals surface area contributed by atoms with Gasteiger partial charge in [0, 0.05) is 38.0 Å². The fraction of sp³-hybridized carbons (Fsp3) is 0.885. The Morgan fingerprint density at radius 2 is 1.44 bits per heavy atom. The van der Waals surface area contributed by atoms with E-state index in [1.165, 1.54) is 38.5 Å². The molecule has 2 aliphatic heterocycles. The monoisotopic (exact) mass is 441 g/mol. The molecule has 2 saturated heterocycles. The molecule has 32 heavy (non-hydrogen) atoms. The fourth-order valence-corrected chi connectivity index (χ4v) is 7.49. The number of rotatable bonds is 3. The molecule has 5 rings (SSSR count). The summed E-state index contributed by atoms with van der Waals surface area (Å²) < 4.78 is 5.25. The van der Waals surface area contributed by atoms with Crippen LogP contribution in [-0.4, -0.2) is 61.0 Å². The Balaban J connectivity index is 1.08. The lowest BCUT2D eigenvalue weighted by Gasteiger charge is -2.44. The Labute approximate surface area is 192 Å². The Morgan fingerprint density at radius 1 is 0.844 bits per heavy atom.